The quantitative estimate of drug-likeness (QED) is 0.568. The summed E-state index contributed by atoms with van der Waals surface area (Å²) in [4.78, 5) is 26.5. The van der Waals surface area contributed by atoms with Gasteiger partial charge in [-0.1, -0.05) is 24.3 Å². The van der Waals surface area contributed by atoms with E-state index in [-0.39, 0.29) is 5.69 Å². The summed E-state index contributed by atoms with van der Waals surface area (Å²) in [5.74, 6) is 0. The number of nitro benzene ring substituents is 1. The number of non-ortho nitro benzene ring substituents is 1. The molecule has 7 heteroatoms. The summed E-state index contributed by atoms with van der Waals surface area (Å²) in [5.41, 5.74) is 1.63. The predicted octanol–water partition coefficient (Wildman–Crippen LogP) is 3.79. The molecule has 3 aromatic rings. The summed E-state index contributed by atoms with van der Waals surface area (Å²) < 4.78 is 0. The van der Waals surface area contributed by atoms with Gasteiger partial charge in [-0.25, -0.2) is 4.79 Å². The Hall–Kier alpha value is -3.48. The molecule has 0 radical (unpaired) electrons. The van der Waals surface area contributed by atoms with Gasteiger partial charge >= 0.3 is 6.03 Å². The van der Waals surface area contributed by atoms with Crippen LogP contribution in [0.2, 0.25) is 0 Å². The van der Waals surface area contributed by atoms with E-state index in [1.54, 1.807) is 18.3 Å². The lowest BCUT2D eigenvalue weighted by molar-refractivity contribution is -0.384. The van der Waals surface area contributed by atoms with Gasteiger partial charge in [0.1, 0.15) is 0 Å². The van der Waals surface area contributed by atoms with Crippen LogP contribution >= 0.6 is 0 Å². The zero-order valence-electron chi connectivity index (χ0n) is 11.9. The molecule has 0 saturated carbocycles. The van der Waals surface area contributed by atoms with E-state index in [2.05, 4.69) is 15.6 Å². The number of fused-ring (bicyclic) bond motifs is 1. The number of aromatic nitrogens is 1. The molecule has 114 valence electrons. The molecule has 7 nitrogen and oxygen atoms in total. The zero-order chi connectivity index (χ0) is 16.2. The molecule has 0 unspecified atom stereocenters. The van der Waals surface area contributed by atoms with Crippen LogP contribution in [0.15, 0.2) is 60.8 Å². The van der Waals surface area contributed by atoms with Crippen molar-refractivity contribution in [2.24, 2.45) is 0 Å². The predicted molar refractivity (Wildman–Crippen MR) is 87.5 cm³/mol. The number of hydrogen-bond acceptors (Lipinski definition) is 4. The van der Waals surface area contributed by atoms with Crippen molar-refractivity contribution in [2.45, 2.75) is 0 Å². The third-order valence-electron chi connectivity index (χ3n) is 3.21. The summed E-state index contributed by atoms with van der Waals surface area (Å²) in [6.45, 7) is 0. The molecule has 0 aliphatic heterocycles. The maximum Gasteiger partial charge on any atom is 0.323 e. The van der Waals surface area contributed by atoms with Gasteiger partial charge in [0.25, 0.3) is 5.69 Å². The van der Waals surface area contributed by atoms with Gasteiger partial charge in [-0.05, 0) is 18.2 Å². The summed E-state index contributed by atoms with van der Waals surface area (Å²) in [6.07, 6.45) is 1.60. The Balaban J connectivity index is 1.79. The number of urea groups is 1. The highest BCUT2D eigenvalue weighted by Crippen LogP contribution is 2.22. The summed E-state index contributed by atoms with van der Waals surface area (Å²) in [6, 6.07) is 14.4. The van der Waals surface area contributed by atoms with Crippen molar-refractivity contribution in [3.63, 3.8) is 0 Å². The number of para-hydroxylation sites is 1. The third-order valence-corrected chi connectivity index (χ3v) is 3.21. The average Bonchev–Trinajstić information content (AvgIpc) is 2.55. The van der Waals surface area contributed by atoms with Crippen molar-refractivity contribution >= 4 is 34.0 Å². The van der Waals surface area contributed by atoms with E-state index in [1.807, 2.05) is 24.3 Å². The minimum Gasteiger partial charge on any atom is -0.307 e. The number of hydrogen-bond donors (Lipinski definition) is 2. The molecule has 3 rings (SSSR count). The number of nitrogens with zero attached hydrogens (tertiary/aromatic N) is 2. The first-order valence-corrected chi connectivity index (χ1v) is 6.80. The SMILES string of the molecule is O=C(Nc1cccc([N+](=O)[O-])c1)Nc1ccnc2ccccc12. The number of anilines is 2. The monoisotopic (exact) mass is 308 g/mol. The van der Waals surface area contributed by atoms with Crippen molar-refractivity contribution in [1.29, 1.82) is 0 Å². The van der Waals surface area contributed by atoms with Crippen LogP contribution in [0.3, 0.4) is 0 Å². The molecule has 2 N–H and O–H groups in total. The van der Waals surface area contributed by atoms with E-state index in [1.165, 1.54) is 18.2 Å². The number of pyridine rings is 1. The van der Waals surface area contributed by atoms with Crippen LogP contribution in [0.5, 0.6) is 0 Å². The van der Waals surface area contributed by atoms with Gasteiger partial charge in [-0.15, -0.1) is 0 Å². The molecule has 1 heterocycles. The fraction of sp³-hybridized carbons (Fsp3) is 0. The summed E-state index contributed by atoms with van der Waals surface area (Å²) >= 11 is 0. The Morgan fingerprint density at radius 1 is 1.04 bits per heavy atom. The number of benzene rings is 2. The number of rotatable bonds is 3. The van der Waals surface area contributed by atoms with Crippen molar-refractivity contribution in [1.82, 2.24) is 4.98 Å². The van der Waals surface area contributed by atoms with Crippen LogP contribution in [0, 0.1) is 10.1 Å². The first-order chi connectivity index (χ1) is 11.1. The molecule has 0 fully saturated rings. The second-order valence-electron chi connectivity index (χ2n) is 4.76. The second-order valence-corrected chi connectivity index (χ2v) is 4.76. The van der Waals surface area contributed by atoms with Crippen LogP contribution < -0.4 is 10.6 Å². The van der Waals surface area contributed by atoms with Crippen molar-refractivity contribution in [3.05, 3.63) is 70.9 Å². The zero-order valence-corrected chi connectivity index (χ0v) is 11.9. The number of carbonyl (C=O) groups excluding carboxylic acids is 1. The van der Waals surface area contributed by atoms with E-state index >= 15 is 0 Å². The Morgan fingerprint density at radius 2 is 1.87 bits per heavy atom. The van der Waals surface area contributed by atoms with E-state index in [9.17, 15) is 14.9 Å². The van der Waals surface area contributed by atoms with Gasteiger partial charge < -0.3 is 10.6 Å². The first kappa shape index (κ1) is 14.5. The lowest BCUT2D eigenvalue weighted by Gasteiger charge is -2.09. The number of carbonyl (C=O) groups is 1. The Kier molecular flexibility index (Phi) is 3.84. The van der Waals surface area contributed by atoms with Gasteiger partial charge in [-0.2, -0.15) is 0 Å². The fourth-order valence-corrected chi connectivity index (χ4v) is 2.19. The van der Waals surface area contributed by atoms with Crippen LogP contribution in [0.25, 0.3) is 10.9 Å². The van der Waals surface area contributed by atoms with Crippen molar-refractivity contribution in [2.75, 3.05) is 10.6 Å². The maximum absolute atomic E-state index is 12.1. The molecule has 0 spiro atoms. The Labute approximate surface area is 131 Å². The van der Waals surface area contributed by atoms with Crippen LogP contribution in [-0.2, 0) is 0 Å². The van der Waals surface area contributed by atoms with Crippen LogP contribution in [0.1, 0.15) is 0 Å². The lowest BCUT2D eigenvalue weighted by atomic mass is 10.2. The first-order valence-electron chi connectivity index (χ1n) is 6.80. The molecule has 2 aromatic carbocycles. The molecule has 0 aliphatic rings. The largest absolute Gasteiger partial charge is 0.323 e. The number of amides is 2. The molecule has 0 aliphatic carbocycles. The van der Waals surface area contributed by atoms with Gasteiger partial charge in [-0.3, -0.25) is 15.1 Å². The van der Waals surface area contributed by atoms with Gasteiger partial charge in [0.2, 0.25) is 0 Å². The molecule has 0 atom stereocenters. The highest BCUT2D eigenvalue weighted by atomic mass is 16.6. The van der Waals surface area contributed by atoms with Crippen LogP contribution in [0.4, 0.5) is 21.9 Å². The standard InChI is InChI=1S/C16H12N4O3/c21-16(18-11-4-3-5-12(10-11)20(22)23)19-15-8-9-17-14-7-2-1-6-13(14)15/h1-10H,(H2,17,18,19,21). The molecule has 0 saturated heterocycles. The molecule has 1 aromatic heterocycles. The molecular weight excluding hydrogens is 296 g/mol. The molecule has 23 heavy (non-hydrogen) atoms. The molecule has 0 bridgehead atoms. The van der Waals surface area contributed by atoms with E-state index in [4.69, 9.17) is 0 Å². The summed E-state index contributed by atoms with van der Waals surface area (Å²) in [5, 5.41) is 16.9. The van der Waals surface area contributed by atoms with E-state index in [0.717, 1.165) is 10.9 Å². The Bertz CT molecular complexity index is 890. The second kappa shape index (κ2) is 6.10. The maximum atomic E-state index is 12.1. The van der Waals surface area contributed by atoms with Crippen LogP contribution in [-0.4, -0.2) is 15.9 Å². The minimum absolute atomic E-state index is 0.0860. The summed E-state index contributed by atoms with van der Waals surface area (Å²) in [7, 11) is 0. The van der Waals surface area contributed by atoms with Crippen molar-refractivity contribution in [3.8, 4) is 0 Å². The number of nitro groups is 1. The normalized spacial score (nSPS) is 10.3. The smallest absolute Gasteiger partial charge is 0.307 e. The lowest BCUT2D eigenvalue weighted by Crippen LogP contribution is -2.19. The fourth-order valence-electron chi connectivity index (χ4n) is 2.19. The molecular formula is C16H12N4O3. The van der Waals surface area contributed by atoms with Gasteiger partial charge in [0.15, 0.2) is 0 Å². The average molecular weight is 308 g/mol. The molecule has 2 amide bonds. The van der Waals surface area contributed by atoms with Gasteiger partial charge in [0, 0.05) is 29.4 Å². The number of nitrogens with one attached hydrogen (secondary N) is 2. The Morgan fingerprint density at radius 3 is 2.70 bits per heavy atom. The highest BCUT2D eigenvalue weighted by molar-refractivity contribution is 6.05. The van der Waals surface area contributed by atoms with E-state index < -0.39 is 11.0 Å². The minimum atomic E-state index is -0.514. The van der Waals surface area contributed by atoms with Gasteiger partial charge in [0.05, 0.1) is 16.1 Å². The van der Waals surface area contributed by atoms with Crippen molar-refractivity contribution < 1.29 is 9.72 Å². The topological polar surface area (TPSA) is 97.2 Å². The third kappa shape index (κ3) is 3.24. The van der Waals surface area contributed by atoms with E-state index in [0.29, 0.717) is 11.4 Å². The highest BCUT2D eigenvalue weighted by Gasteiger charge is 2.09.